The molecule has 30 heavy (non-hydrogen) atoms. The van der Waals surface area contributed by atoms with Gasteiger partial charge < -0.3 is 25.8 Å². The number of carbonyl (C=O) groups is 2. The second kappa shape index (κ2) is 10.7. The monoisotopic (exact) mass is 415 g/mol. The maximum atomic E-state index is 13.7. The first kappa shape index (κ1) is 21.7. The van der Waals surface area contributed by atoms with Crippen molar-refractivity contribution in [2.45, 2.75) is 44.1 Å². The van der Waals surface area contributed by atoms with E-state index in [-0.39, 0.29) is 30.7 Å². The van der Waals surface area contributed by atoms with E-state index in [0.717, 1.165) is 5.56 Å². The molecule has 0 aromatic heterocycles. The van der Waals surface area contributed by atoms with Gasteiger partial charge in [0.05, 0.1) is 30.9 Å². The summed E-state index contributed by atoms with van der Waals surface area (Å²) in [6.07, 6.45) is 0.284. The van der Waals surface area contributed by atoms with Crippen LogP contribution in [0.15, 0.2) is 54.6 Å². The predicted octanol–water partition coefficient (Wildman–Crippen LogP) is 2.56. The minimum Gasteiger partial charge on any atom is -0.394 e. The average Bonchev–Trinajstić information content (AvgIpc) is 2.75. The summed E-state index contributed by atoms with van der Waals surface area (Å²) >= 11 is 0. The van der Waals surface area contributed by atoms with Gasteiger partial charge in [-0.3, -0.25) is 4.79 Å². The maximum Gasteiger partial charge on any atom is 0.319 e. The molecule has 0 radical (unpaired) electrons. The highest BCUT2D eigenvalue weighted by Gasteiger charge is 2.33. The quantitative estimate of drug-likeness (QED) is 0.558. The highest BCUT2D eigenvalue weighted by molar-refractivity contribution is 5.89. The third-order valence-electron chi connectivity index (χ3n) is 4.98. The molecule has 7 nitrogen and oxygen atoms in total. The number of halogens is 1. The Hall–Kier alpha value is -2.97. The van der Waals surface area contributed by atoms with Crippen molar-refractivity contribution in [1.82, 2.24) is 10.6 Å². The van der Waals surface area contributed by atoms with Gasteiger partial charge in [0.2, 0.25) is 5.91 Å². The van der Waals surface area contributed by atoms with Crippen LogP contribution in [-0.4, -0.2) is 41.9 Å². The van der Waals surface area contributed by atoms with E-state index < -0.39 is 24.0 Å². The Bertz CT molecular complexity index is 849. The summed E-state index contributed by atoms with van der Waals surface area (Å²) in [5, 5.41) is 17.7. The number of aliphatic hydroxyl groups is 1. The van der Waals surface area contributed by atoms with Gasteiger partial charge in [0.1, 0.15) is 11.9 Å². The van der Waals surface area contributed by atoms with E-state index in [1.165, 1.54) is 18.2 Å². The highest BCUT2D eigenvalue weighted by atomic mass is 19.1. The van der Waals surface area contributed by atoms with E-state index >= 15 is 0 Å². The molecular formula is C22H26FN3O4. The molecule has 8 heteroatoms. The van der Waals surface area contributed by atoms with Crippen LogP contribution in [0.25, 0.3) is 0 Å². The number of hydrogen-bond acceptors (Lipinski definition) is 4. The number of aliphatic hydroxyl groups excluding tert-OH is 1. The van der Waals surface area contributed by atoms with Gasteiger partial charge in [-0.2, -0.15) is 0 Å². The minimum atomic E-state index is -0.642. The summed E-state index contributed by atoms with van der Waals surface area (Å²) in [6, 6.07) is 14.4. The lowest BCUT2D eigenvalue weighted by molar-refractivity contribution is -0.130. The molecule has 0 unspecified atom stereocenters. The fourth-order valence-electron chi connectivity index (χ4n) is 3.41. The Morgan fingerprint density at radius 1 is 1.07 bits per heavy atom. The zero-order valence-electron chi connectivity index (χ0n) is 16.5. The zero-order chi connectivity index (χ0) is 21.3. The molecule has 3 atom stereocenters. The first-order valence-corrected chi connectivity index (χ1v) is 9.94. The molecule has 1 fully saturated rings. The third kappa shape index (κ3) is 6.27. The number of para-hydroxylation sites is 1. The van der Waals surface area contributed by atoms with Gasteiger partial charge in [0.25, 0.3) is 0 Å². The average molecular weight is 415 g/mol. The summed E-state index contributed by atoms with van der Waals surface area (Å²) in [5.74, 6) is -0.669. The van der Waals surface area contributed by atoms with Crippen molar-refractivity contribution < 1.29 is 23.8 Å². The first-order valence-electron chi connectivity index (χ1n) is 9.94. The second-order valence-corrected chi connectivity index (χ2v) is 7.21. The van der Waals surface area contributed by atoms with Crippen LogP contribution in [0, 0.1) is 5.82 Å². The standard InChI is InChI=1S/C22H26FN3O4/c23-17-8-4-5-9-18(17)25-22(29)26-19-11-10-16(30-20(19)14-27)12-21(28)24-13-15-6-2-1-3-7-15/h1-9,16,19-20,27H,10-14H2,(H,24,28)(H2,25,26,29)/t16-,19+,20-/m0/s1. The molecule has 2 aromatic rings. The van der Waals surface area contributed by atoms with E-state index in [9.17, 15) is 19.1 Å². The van der Waals surface area contributed by atoms with E-state index in [1.807, 2.05) is 30.3 Å². The highest BCUT2D eigenvalue weighted by Crippen LogP contribution is 2.22. The summed E-state index contributed by atoms with van der Waals surface area (Å²) < 4.78 is 19.5. The Kier molecular flexibility index (Phi) is 7.75. The fraction of sp³-hybridized carbons (Fsp3) is 0.364. The van der Waals surface area contributed by atoms with E-state index in [2.05, 4.69) is 16.0 Å². The van der Waals surface area contributed by atoms with Crippen LogP contribution in [0.3, 0.4) is 0 Å². The van der Waals surface area contributed by atoms with Crippen LogP contribution < -0.4 is 16.0 Å². The fourth-order valence-corrected chi connectivity index (χ4v) is 3.41. The van der Waals surface area contributed by atoms with Crippen molar-refractivity contribution in [2.24, 2.45) is 0 Å². The summed E-state index contributed by atoms with van der Waals surface area (Å²) in [7, 11) is 0. The normalized spacial score (nSPS) is 20.9. The van der Waals surface area contributed by atoms with Crippen LogP contribution in [0.5, 0.6) is 0 Å². The number of nitrogens with one attached hydrogen (secondary N) is 3. The molecule has 0 spiro atoms. The van der Waals surface area contributed by atoms with Crippen molar-refractivity contribution in [3.05, 3.63) is 66.0 Å². The van der Waals surface area contributed by atoms with Crippen molar-refractivity contribution in [3.8, 4) is 0 Å². The molecule has 1 aliphatic heterocycles. The van der Waals surface area contributed by atoms with Crippen LogP contribution in [-0.2, 0) is 16.1 Å². The van der Waals surface area contributed by atoms with E-state index in [0.29, 0.717) is 19.4 Å². The van der Waals surface area contributed by atoms with Gasteiger partial charge in [0, 0.05) is 6.54 Å². The molecular weight excluding hydrogens is 389 g/mol. The van der Waals surface area contributed by atoms with E-state index in [4.69, 9.17) is 4.74 Å². The van der Waals surface area contributed by atoms with Crippen molar-refractivity contribution >= 4 is 17.6 Å². The van der Waals surface area contributed by atoms with Crippen molar-refractivity contribution in [1.29, 1.82) is 0 Å². The molecule has 3 amide bonds. The Morgan fingerprint density at radius 2 is 1.80 bits per heavy atom. The number of amides is 3. The second-order valence-electron chi connectivity index (χ2n) is 7.21. The van der Waals surface area contributed by atoms with Gasteiger partial charge in [0.15, 0.2) is 0 Å². The largest absolute Gasteiger partial charge is 0.394 e. The first-order chi connectivity index (χ1) is 14.5. The molecule has 0 saturated carbocycles. The topological polar surface area (TPSA) is 99.7 Å². The van der Waals surface area contributed by atoms with Crippen LogP contribution >= 0.6 is 0 Å². The lowest BCUT2D eigenvalue weighted by atomic mass is 9.97. The number of hydrogen-bond donors (Lipinski definition) is 4. The number of benzene rings is 2. The van der Waals surface area contributed by atoms with Crippen molar-refractivity contribution in [3.63, 3.8) is 0 Å². The summed E-state index contributed by atoms with van der Waals surface area (Å²) in [4.78, 5) is 24.4. The molecule has 160 valence electrons. The molecule has 3 rings (SSSR count). The van der Waals surface area contributed by atoms with Gasteiger partial charge in [-0.1, -0.05) is 42.5 Å². The van der Waals surface area contributed by atoms with Gasteiger partial charge in [-0.15, -0.1) is 0 Å². The summed E-state index contributed by atoms with van der Waals surface area (Å²) in [6.45, 7) is 0.142. The predicted molar refractivity (Wildman–Crippen MR) is 110 cm³/mol. The van der Waals surface area contributed by atoms with Gasteiger partial charge >= 0.3 is 6.03 Å². The van der Waals surface area contributed by atoms with E-state index in [1.54, 1.807) is 6.07 Å². The Balaban J connectivity index is 1.45. The number of anilines is 1. The SMILES string of the molecule is O=C(C[C@@H]1CC[C@@H](NC(=O)Nc2ccccc2F)[C@H](CO)O1)NCc1ccccc1. The lowest BCUT2D eigenvalue weighted by Crippen LogP contribution is -2.52. The smallest absolute Gasteiger partial charge is 0.319 e. The molecule has 0 bridgehead atoms. The molecule has 1 saturated heterocycles. The number of urea groups is 1. The van der Waals surface area contributed by atoms with Crippen LogP contribution in [0.4, 0.5) is 14.9 Å². The number of carbonyl (C=O) groups excluding carboxylic acids is 2. The van der Waals surface area contributed by atoms with Crippen LogP contribution in [0.1, 0.15) is 24.8 Å². The molecule has 4 N–H and O–H groups in total. The van der Waals surface area contributed by atoms with Crippen LogP contribution in [0.2, 0.25) is 0 Å². The number of ether oxygens (including phenoxy) is 1. The summed E-state index contributed by atoms with van der Waals surface area (Å²) in [5.41, 5.74) is 1.08. The Labute approximate surface area is 174 Å². The number of rotatable bonds is 7. The zero-order valence-corrected chi connectivity index (χ0v) is 16.5. The third-order valence-corrected chi connectivity index (χ3v) is 4.98. The lowest BCUT2D eigenvalue weighted by Gasteiger charge is -2.35. The molecule has 0 aliphatic carbocycles. The maximum absolute atomic E-state index is 13.7. The molecule has 1 aliphatic rings. The van der Waals surface area contributed by atoms with Crippen molar-refractivity contribution in [2.75, 3.05) is 11.9 Å². The van der Waals surface area contributed by atoms with Gasteiger partial charge in [-0.25, -0.2) is 9.18 Å². The molecule has 1 heterocycles. The minimum absolute atomic E-state index is 0.0697. The molecule has 2 aromatic carbocycles. The van der Waals surface area contributed by atoms with Gasteiger partial charge in [-0.05, 0) is 30.5 Å². The Morgan fingerprint density at radius 3 is 2.53 bits per heavy atom.